The average Bonchev–Trinajstić information content (AvgIpc) is 2.03. The topological polar surface area (TPSA) is 20.2 Å². The van der Waals surface area contributed by atoms with Crippen molar-refractivity contribution < 1.29 is 5.11 Å². The maximum absolute atomic E-state index is 8.67. The van der Waals surface area contributed by atoms with Crippen molar-refractivity contribution >= 4 is 15.9 Å². The largest absolute Gasteiger partial charge is 0.396 e. The highest BCUT2D eigenvalue weighted by molar-refractivity contribution is 9.09. The summed E-state index contributed by atoms with van der Waals surface area (Å²) in [6.07, 6.45) is 7.63. The lowest BCUT2D eigenvalue weighted by Gasteiger charge is -2.26. The van der Waals surface area contributed by atoms with Crippen LogP contribution in [-0.4, -0.2) is 16.5 Å². The standard InChI is InChI=1S/C9H17BrO/c10-9-6-2-1-4-8(9)5-3-7-11/h8-9,11H,1-7H2. The Bertz CT molecular complexity index is 106. The summed E-state index contributed by atoms with van der Waals surface area (Å²) < 4.78 is 0. The van der Waals surface area contributed by atoms with Crippen LogP contribution >= 0.6 is 15.9 Å². The van der Waals surface area contributed by atoms with Gasteiger partial charge in [-0.3, -0.25) is 0 Å². The molecular formula is C9H17BrO. The first-order valence-electron chi connectivity index (χ1n) is 4.59. The first-order chi connectivity index (χ1) is 5.34. The molecule has 0 aromatic carbocycles. The van der Waals surface area contributed by atoms with Gasteiger partial charge in [0.15, 0.2) is 0 Å². The normalized spacial score (nSPS) is 32.2. The summed E-state index contributed by atoms with van der Waals surface area (Å²) in [5, 5.41) is 8.67. The smallest absolute Gasteiger partial charge is 0.0431 e. The van der Waals surface area contributed by atoms with Gasteiger partial charge in [0, 0.05) is 11.4 Å². The van der Waals surface area contributed by atoms with Gasteiger partial charge >= 0.3 is 0 Å². The van der Waals surface area contributed by atoms with Gasteiger partial charge in [0.25, 0.3) is 0 Å². The highest BCUT2D eigenvalue weighted by Gasteiger charge is 2.21. The molecule has 2 heteroatoms. The second kappa shape index (κ2) is 5.15. The van der Waals surface area contributed by atoms with Crippen LogP contribution in [0.1, 0.15) is 38.5 Å². The molecule has 2 unspecified atom stereocenters. The van der Waals surface area contributed by atoms with E-state index in [1.165, 1.54) is 32.1 Å². The maximum atomic E-state index is 8.67. The Kier molecular flexibility index (Phi) is 4.46. The van der Waals surface area contributed by atoms with Gasteiger partial charge in [0.2, 0.25) is 0 Å². The van der Waals surface area contributed by atoms with Crippen molar-refractivity contribution in [2.45, 2.75) is 43.4 Å². The van der Waals surface area contributed by atoms with Gasteiger partial charge in [0.1, 0.15) is 0 Å². The lowest BCUT2D eigenvalue weighted by atomic mass is 9.86. The third-order valence-electron chi connectivity index (χ3n) is 2.55. The summed E-state index contributed by atoms with van der Waals surface area (Å²) >= 11 is 3.70. The van der Waals surface area contributed by atoms with Gasteiger partial charge in [-0.1, -0.05) is 28.8 Å². The number of alkyl halides is 1. The molecule has 1 saturated carbocycles. The van der Waals surface area contributed by atoms with E-state index < -0.39 is 0 Å². The maximum Gasteiger partial charge on any atom is 0.0431 e. The minimum atomic E-state index is 0.357. The first kappa shape index (κ1) is 9.53. The van der Waals surface area contributed by atoms with Crippen LogP contribution in [0.15, 0.2) is 0 Å². The second-order valence-electron chi connectivity index (χ2n) is 3.43. The first-order valence-corrected chi connectivity index (χ1v) is 5.51. The molecular weight excluding hydrogens is 204 g/mol. The van der Waals surface area contributed by atoms with Crippen molar-refractivity contribution in [1.82, 2.24) is 0 Å². The van der Waals surface area contributed by atoms with Gasteiger partial charge in [0.05, 0.1) is 0 Å². The van der Waals surface area contributed by atoms with E-state index >= 15 is 0 Å². The van der Waals surface area contributed by atoms with Crippen molar-refractivity contribution in [2.24, 2.45) is 5.92 Å². The summed E-state index contributed by atoms with van der Waals surface area (Å²) in [5.41, 5.74) is 0. The van der Waals surface area contributed by atoms with Gasteiger partial charge < -0.3 is 5.11 Å². The van der Waals surface area contributed by atoms with E-state index in [2.05, 4.69) is 15.9 Å². The van der Waals surface area contributed by atoms with Crippen molar-refractivity contribution in [3.8, 4) is 0 Å². The summed E-state index contributed by atoms with van der Waals surface area (Å²) in [7, 11) is 0. The van der Waals surface area contributed by atoms with Crippen LogP contribution in [0.5, 0.6) is 0 Å². The highest BCUT2D eigenvalue weighted by Crippen LogP contribution is 2.32. The summed E-state index contributed by atoms with van der Waals surface area (Å²) in [4.78, 5) is 0.725. The molecule has 0 aromatic rings. The zero-order valence-corrected chi connectivity index (χ0v) is 8.52. The van der Waals surface area contributed by atoms with Crippen molar-refractivity contribution in [1.29, 1.82) is 0 Å². The fraction of sp³-hybridized carbons (Fsp3) is 1.00. The highest BCUT2D eigenvalue weighted by atomic mass is 79.9. The van der Waals surface area contributed by atoms with Gasteiger partial charge in [-0.25, -0.2) is 0 Å². The fourth-order valence-corrected chi connectivity index (χ4v) is 2.69. The SMILES string of the molecule is OCCCC1CCCCC1Br. The van der Waals surface area contributed by atoms with E-state index in [9.17, 15) is 0 Å². The van der Waals surface area contributed by atoms with E-state index in [1.807, 2.05) is 0 Å². The van der Waals surface area contributed by atoms with Gasteiger partial charge in [-0.2, -0.15) is 0 Å². The number of rotatable bonds is 3. The molecule has 66 valence electrons. The van der Waals surface area contributed by atoms with Crippen LogP contribution in [0.25, 0.3) is 0 Å². The third-order valence-corrected chi connectivity index (χ3v) is 3.75. The van der Waals surface area contributed by atoms with Gasteiger partial charge in [-0.15, -0.1) is 0 Å². The molecule has 0 saturated heterocycles. The Labute approximate surface area is 77.3 Å². The molecule has 0 bridgehead atoms. The van der Waals surface area contributed by atoms with Crippen LogP contribution in [0.3, 0.4) is 0 Å². The molecule has 0 amide bonds. The molecule has 1 aliphatic rings. The molecule has 1 fully saturated rings. The molecule has 0 heterocycles. The van der Waals surface area contributed by atoms with Crippen LogP contribution in [0.2, 0.25) is 0 Å². The molecule has 2 atom stereocenters. The van der Waals surface area contributed by atoms with Crippen molar-refractivity contribution in [3.05, 3.63) is 0 Å². The minimum absolute atomic E-state index is 0.357. The number of hydrogen-bond acceptors (Lipinski definition) is 1. The Morgan fingerprint density at radius 3 is 2.64 bits per heavy atom. The quantitative estimate of drug-likeness (QED) is 0.726. The van der Waals surface area contributed by atoms with Crippen molar-refractivity contribution in [2.75, 3.05) is 6.61 Å². The van der Waals surface area contributed by atoms with E-state index in [0.29, 0.717) is 6.61 Å². The molecule has 1 rings (SSSR count). The Hall–Kier alpha value is 0.440. The average molecular weight is 221 g/mol. The summed E-state index contributed by atoms with van der Waals surface area (Å²) in [6, 6.07) is 0. The van der Waals surface area contributed by atoms with E-state index in [0.717, 1.165) is 17.2 Å². The van der Waals surface area contributed by atoms with Crippen LogP contribution < -0.4 is 0 Å². The van der Waals surface area contributed by atoms with Crippen LogP contribution in [0, 0.1) is 5.92 Å². The van der Waals surface area contributed by atoms with E-state index in [-0.39, 0.29) is 0 Å². The predicted octanol–water partition coefficient (Wildman–Crippen LogP) is 2.71. The van der Waals surface area contributed by atoms with Crippen LogP contribution in [-0.2, 0) is 0 Å². The number of aliphatic hydroxyl groups excluding tert-OH is 1. The monoisotopic (exact) mass is 220 g/mol. The molecule has 0 aliphatic heterocycles. The van der Waals surface area contributed by atoms with E-state index in [1.54, 1.807) is 0 Å². The number of aliphatic hydroxyl groups is 1. The Balaban J connectivity index is 2.18. The Morgan fingerprint density at radius 1 is 1.27 bits per heavy atom. The molecule has 0 spiro atoms. The minimum Gasteiger partial charge on any atom is -0.396 e. The molecule has 1 nitrogen and oxygen atoms in total. The summed E-state index contributed by atoms with van der Waals surface area (Å²) in [6.45, 7) is 0.357. The summed E-state index contributed by atoms with van der Waals surface area (Å²) in [5.74, 6) is 0.830. The fourth-order valence-electron chi connectivity index (χ4n) is 1.84. The molecule has 11 heavy (non-hydrogen) atoms. The van der Waals surface area contributed by atoms with Crippen LogP contribution in [0.4, 0.5) is 0 Å². The zero-order valence-electron chi connectivity index (χ0n) is 6.93. The number of halogens is 1. The zero-order chi connectivity index (χ0) is 8.10. The second-order valence-corrected chi connectivity index (χ2v) is 4.60. The predicted molar refractivity (Wildman–Crippen MR) is 51.0 cm³/mol. The van der Waals surface area contributed by atoms with E-state index in [4.69, 9.17) is 5.11 Å². The Morgan fingerprint density at radius 2 is 2.00 bits per heavy atom. The lowest BCUT2D eigenvalue weighted by molar-refractivity contribution is 0.257. The number of hydrogen-bond donors (Lipinski definition) is 1. The molecule has 0 radical (unpaired) electrons. The molecule has 1 N–H and O–H groups in total. The third kappa shape index (κ3) is 3.12. The molecule has 0 aromatic heterocycles. The van der Waals surface area contributed by atoms with Gasteiger partial charge in [-0.05, 0) is 31.6 Å². The lowest BCUT2D eigenvalue weighted by Crippen LogP contribution is -2.19. The van der Waals surface area contributed by atoms with Crippen molar-refractivity contribution in [3.63, 3.8) is 0 Å². The molecule has 1 aliphatic carbocycles.